The molecule has 0 bridgehead atoms. The zero-order chi connectivity index (χ0) is 19.5. The molecule has 1 heterocycles. The summed E-state index contributed by atoms with van der Waals surface area (Å²) >= 11 is 5.09. The molecule has 3 nitrogen and oxygen atoms in total. The number of ether oxygens (including phenoxy) is 2. The molecule has 140 valence electrons. The number of thioether (sulfide) groups is 1. The number of benzene rings is 3. The summed E-state index contributed by atoms with van der Waals surface area (Å²) in [6.07, 6.45) is 1.89. The van der Waals surface area contributed by atoms with E-state index in [2.05, 4.69) is 15.9 Å². The molecule has 0 unspecified atom stereocenters. The molecule has 0 fully saturated rings. The maximum Gasteiger partial charge on any atom is 0.200 e. The van der Waals surface area contributed by atoms with Crippen molar-refractivity contribution in [1.29, 1.82) is 0 Å². The van der Waals surface area contributed by atoms with Gasteiger partial charge >= 0.3 is 0 Å². The van der Waals surface area contributed by atoms with E-state index in [-0.39, 0.29) is 5.78 Å². The molecule has 28 heavy (non-hydrogen) atoms. The van der Waals surface area contributed by atoms with E-state index in [0.717, 1.165) is 26.1 Å². The molecule has 0 aliphatic carbocycles. The molecule has 0 spiro atoms. The Morgan fingerprint density at radius 1 is 1.00 bits per heavy atom. The standard InChI is InChI=1S/C23H17BrO3S/c1-26-19-11-16(12-22-23(25)17-9-5-6-10-21(17)28-22)18(24)13-20(19)27-14-15-7-3-2-4-8-15/h2-13H,14H2,1H3. The minimum Gasteiger partial charge on any atom is -0.493 e. The van der Waals surface area contributed by atoms with Gasteiger partial charge in [-0.3, -0.25) is 4.79 Å². The minimum absolute atomic E-state index is 0.0517. The van der Waals surface area contributed by atoms with E-state index >= 15 is 0 Å². The summed E-state index contributed by atoms with van der Waals surface area (Å²) in [6, 6.07) is 21.4. The summed E-state index contributed by atoms with van der Waals surface area (Å²) < 4.78 is 12.3. The van der Waals surface area contributed by atoms with E-state index in [0.29, 0.717) is 23.0 Å². The van der Waals surface area contributed by atoms with Gasteiger partial charge in [0.25, 0.3) is 0 Å². The fourth-order valence-electron chi connectivity index (χ4n) is 2.95. The van der Waals surface area contributed by atoms with Crippen LogP contribution in [0.25, 0.3) is 6.08 Å². The summed E-state index contributed by atoms with van der Waals surface area (Å²) in [5, 5.41) is 0. The molecule has 4 rings (SSSR count). The Balaban J connectivity index is 1.60. The number of Topliss-reactive ketones (excluding diaryl/α,β-unsaturated/α-hetero) is 1. The Hall–Kier alpha value is -2.50. The number of carbonyl (C=O) groups excluding carboxylic acids is 1. The minimum atomic E-state index is 0.0517. The van der Waals surface area contributed by atoms with Crippen LogP contribution in [0.15, 0.2) is 81.0 Å². The van der Waals surface area contributed by atoms with E-state index in [1.54, 1.807) is 7.11 Å². The van der Waals surface area contributed by atoms with Crippen LogP contribution >= 0.6 is 27.7 Å². The smallest absolute Gasteiger partial charge is 0.200 e. The summed E-state index contributed by atoms with van der Waals surface area (Å²) in [5.41, 5.74) is 2.70. The van der Waals surface area contributed by atoms with Gasteiger partial charge in [-0.15, -0.1) is 0 Å². The van der Waals surface area contributed by atoms with Gasteiger partial charge < -0.3 is 9.47 Å². The third-order valence-electron chi connectivity index (χ3n) is 4.38. The largest absolute Gasteiger partial charge is 0.493 e. The molecule has 3 aromatic carbocycles. The fraction of sp³-hybridized carbons (Fsp3) is 0.0870. The second-order valence-electron chi connectivity index (χ2n) is 6.23. The summed E-state index contributed by atoms with van der Waals surface area (Å²) in [6.45, 7) is 0.452. The molecule has 0 amide bonds. The molecule has 0 atom stereocenters. The highest BCUT2D eigenvalue weighted by molar-refractivity contribution is 9.10. The van der Waals surface area contributed by atoms with Gasteiger partial charge in [0.05, 0.1) is 12.0 Å². The number of methoxy groups -OCH3 is 1. The Morgan fingerprint density at radius 2 is 1.75 bits per heavy atom. The highest BCUT2D eigenvalue weighted by Crippen LogP contribution is 2.42. The number of allylic oxidation sites excluding steroid dienone is 1. The first-order valence-corrected chi connectivity index (χ1v) is 10.3. The normalized spacial score (nSPS) is 14.2. The van der Waals surface area contributed by atoms with Crippen LogP contribution in [-0.2, 0) is 6.61 Å². The van der Waals surface area contributed by atoms with Crippen molar-refractivity contribution in [3.8, 4) is 11.5 Å². The average molecular weight is 453 g/mol. The summed E-state index contributed by atoms with van der Waals surface area (Å²) in [5.74, 6) is 1.32. The molecule has 0 radical (unpaired) electrons. The molecule has 1 aliphatic rings. The van der Waals surface area contributed by atoms with Crippen molar-refractivity contribution in [3.05, 3.63) is 92.8 Å². The maximum atomic E-state index is 12.6. The number of rotatable bonds is 5. The molecular formula is C23H17BrO3S. The lowest BCUT2D eigenvalue weighted by atomic mass is 10.1. The zero-order valence-corrected chi connectivity index (χ0v) is 17.5. The van der Waals surface area contributed by atoms with E-state index in [4.69, 9.17) is 9.47 Å². The molecular weight excluding hydrogens is 436 g/mol. The second kappa shape index (κ2) is 8.25. The Kier molecular flexibility index (Phi) is 5.55. The van der Waals surface area contributed by atoms with E-state index < -0.39 is 0 Å². The lowest BCUT2D eigenvalue weighted by Crippen LogP contribution is -1.99. The topological polar surface area (TPSA) is 35.5 Å². The Morgan fingerprint density at radius 3 is 2.50 bits per heavy atom. The van der Waals surface area contributed by atoms with Crippen LogP contribution in [0.4, 0.5) is 0 Å². The maximum absolute atomic E-state index is 12.6. The van der Waals surface area contributed by atoms with Crippen molar-refractivity contribution in [1.82, 2.24) is 0 Å². The lowest BCUT2D eigenvalue weighted by molar-refractivity contribution is 0.104. The van der Waals surface area contributed by atoms with E-state index in [1.165, 1.54) is 11.8 Å². The highest BCUT2D eigenvalue weighted by atomic mass is 79.9. The van der Waals surface area contributed by atoms with Crippen molar-refractivity contribution in [3.63, 3.8) is 0 Å². The van der Waals surface area contributed by atoms with Crippen LogP contribution < -0.4 is 9.47 Å². The van der Waals surface area contributed by atoms with Crippen molar-refractivity contribution in [2.75, 3.05) is 7.11 Å². The number of hydrogen-bond donors (Lipinski definition) is 0. The molecule has 3 aromatic rings. The molecule has 0 aromatic heterocycles. The highest BCUT2D eigenvalue weighted by Gasteiger charge is 2.25. The van der Waals surface area contributed by atoms with Crippen LogP contribution in [0.3, 0.4) is 0 Å². The van der Waals surface area contributed by atoms with E-state index in [9.17, 15) is 4.79 Å². The predicted octanol–water partition coefficient (Wildman–Crippen LogP) is 6.37. The number of carbonyl (C=O) groups is 1. The van der Waals surface area contributed by atoms with Gasteiger partial charge in [-0.25, -0.2) is 0 Å². The zero-order valence-electron chi connectivity index (χ0n) is 15.1. The van der Waals surface area contributed by atoms with Gasteiger partial charge in [0.1, 0.15) is 6.61 Å². The molecule has 0 saturated heterocycles. The monoisotopic (exact) mass is 452 g/mol. The van der Waals surface area contributed by atoms with Crippen LogP contribution in [0.2, 0.25) is 0 Å². The molecule has 5 heteroatoms. The van der Waals surface area contributed by atoms with Crippen molar-refractivity contribution >= 4 is 39.6 Å². The van der Waals surface area contributed by atoms with Gasteiger partial charge in [0, 0.05) is 14.9 Å². The molecule has 0 saturated carbocycles. The van der Waals surface area contributed by atoms with Crippen molar-refractivity contribution in [2.45, 2.75) is 11.5 Å². The summed E-state index contributed by atoms with van der Waals surface area (Å²) in [4.78, 5) is 14.3. The van der Waals surface area contributed by atoms with Crippen LogP contribution in [0.5, 0.6) is 11.5 Å². The quantitative estimate of drug-likeness (QED) is 0.421. The van der Waals surface area contributed by atoms with Gasteiger partial charge in [0.15, 0.2) is 11.5 Å². The number of hydrogen-bond acceptors (Lipinski definition) is 4. The molecule has 0 N–H and O–H groups in total. The number of ketones is 1. The number of halogens is 1. The first kappa shape index (κ1) is 18.8. The Bertz CT molecular complexity index is 1060. The third-order valence-corrected chi connectivity index (χ3v) is 6.17. The van der Waals surface area contributed by atoms with Crippen LogP contribution in [0.1, 0.15) is 21.5 Å². The van der Waals surface area contributed by atoms with Gasteiger partial charge in [-0.05, 0) is 41.5 Å². The Labute approximate surface area is 176 Å². The van der Waals surface area contributed by atoms with Gasteiger partial charge in [0.2, 0.25) is 5.78 Å². The van der Waals surface area contributed by atoms with Gasteiger partial charge in [-0.1, -0.05) is 70.2 Å². The molecule has 1 aliphatic heterocycles. The van der Waals surface area contributed by atoms with Crippen LogP contribution in [-0.4, -0.2) is 12.9 Å². The van der Waals surface area contributed by atoms with Crippen LogP contribution in [0, 0.1) is 0 Å². The first-order valence-electron chi connectivity index (χ1n) is 8.73. The number of fused-ring (bicyclic) bond motifs is 1. The first-order chi connectivity index (χ1) is 13.7. The SMILES string of the molecule is COc1cc(C=C2Sc3ccccc3C2=O)c(Br)cc1OCc1ccccc1. The predicted molar refractivity (Wildman–Crippen MR) is 116 cm³/mol. The van der Waals surface area contributed by atoms with Crippen molar-refractivity contribution < 1.29 is 14.3 Å². The average Bonchev–Trinajstić information content (AvgIpc) is 3.04. The third kappa shape index (κ3) is 3.86. The van der Waals surface area contributed by atoms with Crippen molar-refractivity contribution in [2.24, 2.45) is 0 Å². The lowest BCUT2D eigenvalue weighted by Gasteiger charge is -2.13. The second-order valence-corrected chi connectivity index (χ2v) is 8.17. The summed E-state index contributed by atoms with van der Waals surface area (Å²) in [7, 11) is 1.61. The van der Waals surface area contributed by atoms with E-state index in [1.807, 2.05) is 72.8 Å². The fourth-order valence-corrected chi connectivity index (χ4v) is 4.43. The van der Waals surface area contributed by atoms with Gasteiger partial charge in [-0.2, -0.15) is 0 Å².